The Morgan fingerprint density at radius 2 is 1.96 bits per heavy atom. The predicted molar refractivity (Wildman–Crippen MR) is 99.2 cm³/mol. The van der Waals surface area contributed by atoms with Gasteiger partial charge in [0.1, 0.15) is 5.82 Å². The van der Waals surface area contributed by atoms with Gasteiger partial charge in [0, 0.05) is 11.4 Å². The van der Waals surface area contributed by atoms with Crippen molar-refractivity contribution in [3.63, 3.8) is 0 Å². The van der Waals surface area contributed by atoms with Gasteiger partial charge >= 0.3 is 0 Å². The Balaban J connectivity index is 1.98. The van der Waals surface area contributed by atoms with Crippen LogP contribution >= 0.6 is 23.4 Å². The molecule has 0 spiro atoms. The van der Waals surface area contributed by atoms with Crippen molar-refractivity contribution in [1.82, 2.24) is 4.90 Å². The standard InChI is InChI=1S/C18H20ClFN2OS/c1-12(18(23)21-17-9-6-14(20)10-16(17)19)22(2)11-13-4-7-15(24-3)8-5-13/h4-10,12H,11H2,1-3H3,(H,21,23)/t12-/m0/s1. The Kier molecular flexibility index (Phi) is 6.66. The highest BCUT2D eigenvalue weighted by Gasteiger charge is 2.19. The van der Waals surface area contributed by atoms with Crippen LogP contribution < -0.4 is 5.32 Å². The van der Waals surface area contributed by atoms with Crippen LogP contribution in [-0.2, 0) is 11.3 Å². The van der Waals surface area contributed by atoms with E-state index in [4.69, 9.17) is 11.6 Å². The SMILES string of the molecule is CSc1ccc(CN(C)[C@@H](C)C(=O)Nc2ccc(F)cc2Cl)cc1. The molecule has 0 aliphatic carbocycles. The summed E-state index contributed by atoms with van der Waals surface area (Å²) in [4.78, 5) is 15.5. The number of amides is 1. The van der Waals surface area contributed by atoms with Crippen LogP contribution in [-0.4, -0.2) is 30.2 Å². The average Bonchev–Trinajstić information content (AvgIpc) is 2.57. The largest absolute Gasteiger partial charge is 0.323 e. The van der Waals surface area contributed by atoms with Gasteiger partial charge in [-0.2, -0.15) is 0 Å². The van der Waals surface area contributed by atoms with Gasteiger partial charge in [0.25, 0.3) is 0 Å². The zero-order chi connectivity index (χ0) is 17.7. The number of benzene rings is 2. The lowest BCUT2D eigenvalue weighted by molar-refractivity contribution is -0.120. The number of halogens is 2. The van der Waals surface area contributed by atoms with Crippen molar-refractivity contribution in [2.75, 3.05) is 18.6 Å². The molecule has 1 N–H and O–H groups in total. The summed E-state index contributed by atoms with van der Waals surface area (Å²) in [5, 5.41) is 2.93. The van der Waals surface area contributed by atoms with Crippen molar-refractivity contribution in [1.29, 1.82) is 0 Å². The maximum Gasteiger partial charge on any atom is 0.241 e. The van der Waals surface area contributed by atoms with Gasteiger partial charge in [-0.3, -0.25) is 9.69 Å². The van der Waals surface area contributed by atoms with Crippen LogP contribution in [0.2, 0.25) is 5.02 Å². The number of rotatable bonds is 6. The van der Waals surface area contributed by atoms with E-state index in [9.17, 15) is 9.18 Å². The summed E-state index contributed by atoms with van der Waals surface area (Å²) >= 11 is 7.64. The first-order valence-electron chi connectivity index (χ1n) is 7.50. The van der Waals surface area contributed by atoms with Crippen LogP contribution in [0, 0.1) is 5.82 Å². The van der Waals surface area contributed by atoms with Gasteiger partial charge in [-0.25, -0.2) is 4.39 Å². The minimum atomic E-state index is -0.433. The molecule has 2 aromatic rings. The monoisotopic (exact) mass is 366 g/mol. The van der Waals surface area contributed by atoms with E-state index in [1.54, 1.807) is 11.8 Å². The molecule has 3 nitrogen and oxygen atoms in total. The van der Waals surface area contributed by atoms with Crippen LogP contribution in [0.25, 0.3) is 0 Å². The molecule has 0 aliphatic rings. The van der Waals surface area contributed by atoms with Crippen LogP contribution in [0.5, 0.6) is 0 Å². The minimum Gasteiger partial charge on any atom is -0.323 e. The number of carbonyl (C=O) groups is 1. The molecule has 1 atom stereocenters. The third-order valence-corrected chi connectivity index (χ3v) is 4.88. The number of anilines is 1. The Morgan fingerprint density at radius 3 is 2.54 bits per heavy atom. The second-order valence-electron chi connectivity index (χ2n) is 5.55. The number of nitrogens with one attached hydrogen (secondary N) is 1. The first-order valence-corrected chi connectivity index (χ1v) is 9.10. The molecule has 128 valence electrons. The van der Waals surface area contributed by atoms with Crippen molar-refractivity contribution in [3.05, 3.63) is 58.9 Å². The Labute approximate surface area is 151 Å². The molecule has 0 fully saturated rings. The van der Waals surface area contributed by atoms with Gasteiger partial charge in [-0.15, -0.1) is 11.8 Å². The third-order valence-electron chi connectivity index (χ3n) is 3.82. The fourth-order valence-electron chi connectivity index (χ4n) is 2.18. The number of hydrogen-bond donors (Lipinski definition) is 1. The number of nitrogens with zero attached hydrogens (tertiary/aromatic N) is 1. The second kappa shape index (κ2) is 8.51. The van der Waals surface area contributed by atoms with Gasteiger partial charge in [0.15, 0.2) is 0 Å². The molecule has 2 rings (SSSR count). The van der Waals surface area contributed by atoms with Gasteiger partial charge in [0.05, 0.1) is 16.8 Å². The molecule has 0 radical (unpaired) electrons. The third kappa shape index (κ3) is 4.97. The highest BCUT2D eigenvalue weighted by atomic mass is 35.5. The summed E-state index contributed by atoms with van der Waals surface area (Å²) in [6.45, 7) is 2.48. The first-order chi connectivity index (χ1) is 11.4. The fraction of sp³-hybridized carbons (Fsp3) is 0.278. The summed E-state index contributed by atoms with van der Waals surface area (Å²) in [7, 11) is 1.89. The quantitative estimate of drug-likeness (QED) is 0.754. The van der Waals surface area contributed by atoms with Crippen LogP contribution in [0.3, 0.4) is 0 Å². The maximum absolute atomic E-state index is 13.1. The first kappa shape index (κ1) is 18.8. The van der Waals surface area contributed by atoms with Crippen molar-refractivity contribution in [2.45, 2.75) is 24.4 Å². The number of carbonyl (C=O) groups excluding carboxylic acids is 1. The molecule has 1 amide bonds. The summed E-state index contributed by atoms with van der Waals surface area (Å²) < 4.78 is 13.1. The summed E-state index contributed by atoms with van der Waals surface area (Å²) in [5.41, 5.74) is 1.54. The zero-order valence-electron chi connectivity index (χ0n) is 13.8. The molecule has 0 saturated heterocycles. The topological polar surface area (TPSA) is 32.3 Å². The number of likely N-dealkylation sites (N-methyl/N-ethyl adjacent to an activating group) is 1. The Bertz CT molecular complexity index is 709. The maximum atomic E-state index is 13.1. The Morgan fingerprint density at radius 1 is 1.29 bits per heavy atom. The second-order valence-corrected chi connectivity index (χ2v) is 6.84. The normalized spacial score (nSPS) is 12.2. The van der Waals surface area contributed by atoms with Crippen molar-refractivity contribution >= 4 is 35.0 Å². The van der Waals surface area contributed by atoms with Crippen LogP contribution in [0.1, 0.15) is 12.5 Å². The molecule has 6 heteroatoms. The van der Waals surface area contributed by atoms with E-state index < -0.39 is 5.82 Å². The molecule has 2 aromatic carbocycles. The highest BCUT2D eigenvalue weighted by molar-refractivity contribution is 7.98. The summed E-state index contributed by atoms with van der Waals surface area (Å²) in [6.07, 6.45) is 2.04. The van der Waals surface area contributed by atoms with E-state index in [0.29, 0.717) is 12.2 Å². The fourth-order valence-corrected chi connectivity index (χ4v) is 2.81. The molecule has 0 heterocycles. The smallest absolute Gasteiger partial charge is 0.241 e. The highest BCUT2D eigenvalue weighted by Crippen LogP contribution is 2.23. The zero-order valence-corrected chi connectivity index (χ0v) is 15.4. The van der Waals surface area contributed by atoms with Gasteiger partial charge in [-0.1, -0.05) is 23.7 Å². The van der Waals surface area contributed by atoms with E-state index in [0.717, 1.165) is 5.56 Å². The molecule has 0 aromatic heterocycles. The van der Waals surface area contributed by atoms with E-state index >= 15 is 0 Å². The van der Waals surface area contributed by atoms with Crippen molar-refractivity contribution in [2.24, 2.45) is 0 Å². The minimum absolute atomic E-state index is 0.186. The van der Waals surface area contributed by atoms with Crippen LogP contribution in [0.4, 0.5) is 10.1 Å². The summed E-state index contributed by atoms with van der Waals surface area (Å²) in [5.74, 6) is -0.622. The molecular weight excluding hydrogens is 347 g/mol. The lowest BCUT2D eigenvalue weighted by Crippen LogP contribution is -2.39. The van der Waals surface area contributed by atoms with Crippen molar-refractivity contribution in [3.8, 4) is 0 Å². The van der Waals surface area contributed by atoms with E-state index in [2.05, 4.69) is 29.6 Å². The molecule has 0 unspecified atom stereocenters. The van der Waals surface area contributed by atoms with Gasteiger partial charge < -0.3 is 5.32 Å². The molecule has 24 heavy (non-hydrogen) atoms. The predicted octanol–water partition coefficient (Wildman–Crippen LogP) is 4.66. The number of thioether (sulfide) groups is 1. The van der Waals surface area contributed by atoms with Crippen molar-refractivity contribution < 1.29 is 9.18 Å². The molecule has 0 bridgehead atoms. The van der Waals surface area contributed by atoms with Gasteiger partial charge in [0.2, 0.25) is 5.91 Å². The molecule has 0 saturated carbocycles. The lowest BCUT2D eigenvalue weighted by Gasteiger charge is -2.24. The summed E-state index contributed by atoms with van der Waals surface area (Å²) in [6, 6.07) is 11.8. The van der Waals surface area contributed by atoms with Gasteiger partial charge in [-0.05, 0) is 56.1 Å². The molecule has 0 aliphatic heterocycles. The van der Waals surface area contributed by atoms with E-state index in [-0.39, 0.29) is 17.0 Å². The molecular formula is C18H20ClFN2OS. The average molecular weight is 367 g/mol. The van der Waals surface area contributed by atoms with E-state index in [1.165, 1.54) is 23.1 Å². The van der Waals surface area contributed by atoms with Crippen LogP contribution in [0.15, 0.2) is 47.4 Å². The van der Waals surface area contributed by atoms with E-state index in [1.807, 2.05) is 25.1 Å². The lowest BCUT2D eigenvalue weighted by atomic mass is 10.2. The Hall–Kier alpha value is -1.56. The number of hydrogen-bond acceptors (Lipinski definition) is 3.